The van der Waals surface area contributed by atoms with Gasteiger partial charge in [0.15, 0.2) is 5.13 Å². The summed E-state index contributed by atoms with van der Waals surface area (Å²) >= 11 is 1.51. The van der Waals surface area contributed by atoms with E-state index in [9.17, 15) is 13.2 Å². The van der Waals surface area contributed by atoms with Gasteiger partial charge in [-0.05, 0) is 74.0 Å². The number of nitrogens with zero attached hydrogens (tertiary/aromatic N) is 4. The van der Waals surface area contributed by atoms with Crippen molar-refractivity contribution in [2.75, 3.05) is 37.6 Å². The van der Waals surface area contributed by atoms with Gasteiger partial charge in [0, 0.05) is 31.7 Å². The van der Waals surface area contributed by atoms with Crippen molar-refractivity contribution in [1.82, 2.24) is 14.2 Å². The SMILES string of the molecule is CCN(CC)CCN(C(=O)c1ccc(S(=O)(=O)N(CC)Cc2ccccc2)cc1)c1nc2c(C)cc(C)cc2s1.Cl. The molecule has 7 nitrogen and oxygen atoms in total. The number of fused-ring (bicyclic) bond motifs is 1. The quantitative estimate of drug-likeness (QED) is 0.181. The molecule has 1 amide bonds. The van der Waals surface area contributed by atoms with Crippen LogP contribution in [0.1, 0.15) is 47.8 Å². The predicted octanol–water partition coefficient (Wildman–Crippen LogP) is 6.53. The van der Waals surface area contributed by atoms with E-state index >= 15 is 0 Å². The fraction of sp³-hybridized carbons (Fsp3) is 0.355. The van der Waals surface area contributed by atoms with Crippen LogP contribution >= 0.6 is 23.7 Å². The number of rotatable bonds is 12. The highest BCUT2D eigenvalue weighted by atomic mass is 35.5. The molecular formula is C31H39ClN4O3S2. The summed E-state index contributed by atoms with van der Waals surface area (Å²) in [5.74, 6) is -0.193. The lowest BCUT2D eigenvalue weighted by atomic mass is 10.1. The number of anilines is 1. The molecule has 0 aliphatic heterocycles. The van der Waals surface area contributed by atoms with Crippen LogP contribution in [0.3, 0.4) is 0 Å². The molecule has 0 bridgehead atoms. The van der Waals surface area contributed by atoms with Crippen LogP contribution in [0.4, 0.5) is 5.13 Å². The molecule has 4 rings (SSSR count). The van der Waals surface area contributed by atoms with Gasteiger partial charge in [-0.3, -0.25) is 9.69 Å². The maximum absolute atomic E-state index is 13.9. The van der Waals surface area contributed by atoms with Crippen molar-refractivity contribution < 1.29 is 13.2 Å². The average molecular weight is 615 g/mol. The molecule has 0 spiro atoms. The molecule has 1 aromatic heterocycles. The molecule has 220 valence electrons. The van der Waals surface area contributed by atoms with Crippen LogP contribution in [-0.2, 0) is 16.6 Å². The van der Waals surface area contributed by atoms with Crippen molar-refractivity contribution in [3.8, 4) is 0 Å². The molecular weight excluding hydrogens is 576 g/mol. The highest BCUT2D eigenvalue weighted by Gasteiger charge is 2.26. The second-order valence-electron chi connectivity index (χ2n) is 9.85. The van der Waals surface area contributed by atoms with Crippen molar-refractivity contribution in [3.63, 3.8) is 0 Å². The van der Waals surface area contributed by atoms with Crippen LogP contribution in [0.2, 0.25) is 0 Å². The molecule has 0 radical (unpaired) electrons. The monoisotopic (exact) mass is 614 g/mol. The minimum atomic E-state index is -3.73. The molecule has 0 saturated heterocycles. The summed E-state index contributed by atoms with van der Waals surface area (Å²) in [4.78, 5) is 22.9. The van der Waals surface area contributed by atoms with Crippen LogP contribution in [0.5, 0.6) is 0 Å². The van der Waals surface area contributed by atoms with Gasteiger partial charge < -0.3 is 4.90 Å². The number of halogens is 1. The molecule has 0 N–H and O–H groups in total. The minimum Gasteiger partial charge on any atom is -0.302 e. The van der Waals surface area contributed by atoms with E-state index in [0.717, 1.165) is 40.0 Å². The summed E-state index contributed by atoms with van der Waals surface area (Å²) in [6.45, 7) is 13.7. The smallest absolute Gasteiger partial charge is 0.260 e. The Kier molecular flexibility index (Phi) is 11.5. The Hall–Kier alpha value is -2.82. The Morgan fingerprint density at radius 2 is 1.54 bits per heavy atom. The topological polar surface area (TPSA) is 73.8 Å². The second-order valence-corrected chi connectivity index (χ2v) is 12.8. The molecule has 3 aromatic carbocycles. The Morgan fingerprint density at radius 1 is 0.878 bits per heavy atom. The van der Waals surface area contributed by atoms with Gasteiger partial charge in [0.25, 0.3) is 5.91 Å². The van der Waals surface area contributed by atoms with E-state index < -0.39 is 10.0 Å². The molecule has 10 heteroatoms. The number of aryl methyl sites for hydroxylation is 2. The van der Waals surface area contributed by atoms with E-state index in [2.05, 4.69) is 37.8 Å². The number of carbonyl (C=O) groups is 1. The summed E-state index contributed by atoms with van der Waals surface area (Å²) in [6.07, 6.45) is 0. The zero-order valence-corrected chi connectivity index (χ0v) is 26.8. The lowest BCUT2D eigenvalue weighted by Crippen LogP contribution is -2.39. The van der Waals surface area contributed by atoms with Gasteiger partial charge in [-0.25, -0.2) is 13.4 Å². The molecule has 0 aliphatic rings. The van der Waals surface area contributed by atoms with Gasteiger partial charge in [-0.1, -0.05) is 68.5 Å². The van der Waals surface area contributed by atoms with Crippen molar-refractivity contribution in [2.45, 2.75) is 46.1 Å². The van der Waals surface area contributed by atoms with E-state index in [0.29, 0.717) is 30.3 Å². The second kappa shape index (κ2) is 14.4. The van der Waals surface area contributed by atoms with Crippen LogP contribution in [0.15, 0.2) is 71.6 Å². The largest absolute Gasteiger partial charge is 0.302 e. The summed E-state index contributed by atoms with van der Waals surface area (Å²) in [6, 6.07) is 20.0. The average Bonchev–Trinajstić information content (AvgIpc) is 3.38. The van der Waals surface area contributed by atoms with Crippen LogP contribution in [0, 0.1) is 13.8 Å². The number of benzene rings is 3. The Morgan fingerprint density at radius 3 is 2.15 bits per heavy atom. The van der Waals surface area contributed by atoms with Crippen molar-refractivity contribution >= 4 is 55.0 Å². The molecule has 0 fully saturated rings. The van der Waals surface area contributed by atoms with Crippen molar-refractivity contribution in [2.24, 2.45) is 0 Å². The van der Waals surface area contributed by atoms with Gasteiger partial charge in [0.1, 0.15) is 0 Å². The van der Waals surface area contributed by atoms with Gasteiger partial charge in [-0.15, -0.1) is 12.4 Å². The van der Waals surface area contributed by atoms with Crippen LogP contribution in [0.25, 0.3) is 10.2 Å². The number of amides is 1. The molecule has 0 atom stereocenters. The summed E-state index contributed by atoms with van der Waals surface area (Å²) in [5.41, 5.74) is 4.50. The molecule has 1 heterocycles. The standard InChI is InChI=1S/C31H38N4O3S2.ClH/c1-6-33(7-2)18-19-35(31-32-29-24(5)20-23(4)21-28(29)39-31)30(36)26-14-16-27(17-15-26)40(37,38)34(8-3)22-25-12-10-9-11-13-25;/h9-17,20-21H,6-8,18-19,22H2,1-5H3;1H. The lowest BCUT2D eigenvalue weighted by Gasteiger charge is -2.25. The number of aromatic nitrogens is 1. The molecule has 4 aromatic rings. The molecule has 0 aliphatic carbocycles. The van der Waals surface area contributed by atoms with Gasteiger partial charge >= 0.3 is 0 Å². The fourth-order valence-corrected chi connectivity index (χ4v) is 7.37. The number of hydrogen-bond acceptors (Lipinski definition) is 6. The predicted molar refractivity (Wildman–Crippen MR) is 172 cm³/mol. The molecule has 0 unspecified atom stereocenters. The number of carbonyl (C=O) groups excluding carboxylic acids is 1. The molecule has 41 heavy (non-hydrogen) atoms. The third kappa shape index (κ3) is 7.53. The van der Waals surface area contributed by atoms with Gasteiger partial charge in [-0.2, -0.15) is 4.31 Å². The van der Waals surface area contributed by atoms with E-state index in [1.807, 2.05) is 44.2 Å². The first-order valence-electron chi connectivity index (χ1n) is 13.7. The number of hydrogen-bond donors (Lipinski definition) is 0. The van der Waals surface area contributed by atoms with Crippen LogP contribution < -0.4 is 4.90 Å². The number of likely N-dealkylation sites (N-methyl/N-ethyl adjacent to an activating group) is 1. The minimum absolute atomic E-state index is 0. The summed E-state index contributed by atoms with van der Waals surface area (Å²) < 4.78 is 29.3. The Labute approximate surface area is 254 Å². The Bertz CT molecular complexity index is 1550. The number of sulfonamides is 1. The number of thiazole rings is 1. The first-order valence-corrected chi connectivity index (χ1v) is 16.0. The Balaban J connectivity index is 0.00000462. The van der Waals surface area contributed by atoms with E-state index in [-0.39, 0.29) is 29.8 Å². The first-order chi connectivity index (χ1) is 19.2. The van der Waals surface area contributed by atoms with Gasteiger partial charge in [0.2, 0.25) is 10.0 Å². The highest BCUT2D eigenvalue weighted by molar-refractivity contribution is 7.89. The normalized spacial score (nSPS) is 11.7. The third-order valence-electron chi connectivity index (χ3n) is 7.12. The van der Waals surface area contributed by atoms with E-state index in [1.54, 1.807) is 17.0 Å². The van der Waals surface area contributed by atoms with E-state index in [1.165, 1.54) is 27.8 Å². The fourth-order valence-electron chi connectivity index (χ4n) is 4.77. The van der Waals surface area contributed by atoms with Crippen LogP contribution in [-0.4, -0.2) is 61.2 Å². The maximum atomic E-state index is 13.9. The van der Waals surface area contributed by atoms with E-state index in [4.69, 9.17) is 4.98 Å². The molecule has 0 saturated carbocycles. The maximum Gasteiger partial charge on any atom is 0.260 e. The van der Waals surface area contributed by atoms with Gasteiger partial charge in [0.05, 0.1) is 15.1 Å². The zero-order valence-electron chi connectivity index (χ0n) is 24.3. The third-order valence-corrected chi connectivity index (χ3v) is 10.1. The van der Waals surface area contributed by atoms with Crippen molar-refractivity contribution in [3.05, 3.63) is 89.0 Å². The summed E-state index contributed by atoms with van der Waals surface area (Å²) in [5, 5.41) is 0.651. The first kappa shape index (κ1) is 32.7. The highest BCUT2D eigenvalue weighted by Crippen LogP contribution is 2.32. The van der Waals surface area contributed by atoms with Crippen molar-refractivity contribution in [1.29, 1.82) is 0 Å². The summed E-state index contributed by atoms with van der Waals surface area (Å²) in [7, 11) is -3.73. The lowest BCUT2D eigenvalue weighted by molar-refractivity contribution is 0.0983. The zero-order chi connectivity index (χ0) is 28.9.